The van der Waals surface area contributed by atoms with Crippen molar-refractivity contribution in [1.29, 1.82) is 0 Å². The molecule has 0 heterocycles. The van der Waals surface area contributed by atoms with Gasteiger partial charge in [-0.05, 0) is 167 Å². The zero-order valence-electron chi connectivity index (χ0n) is 46.0. The zero-order valence-corrected chi connectivity index (χ0v) is 46.0. The first kappa shape index (κ1) is 54.5. The van der Waals surface area contributed by atoms with E-state index in [1.807, 2.05) is 0 Å². The SMILES string of the molecule is CCCCCCCC1=C(C)CC=CC=CC=CC=CC=Cc2cccccc(c3cc2C3)C2=C(CCCCCC3CC23CC)c2ccccccccc2CC2=CC=CC=CC(=C3C=CC=CC=CC=C31)C(CC)=C2. The van der Waals surface area contributed by atoms with Gasteiger partial charge in [0.15, 0.2) is 0 Å². The third kappa shape index (κ3) is 14.8. The van der Waals surface area contributed by atoms with Crippen LogP contribution in [0.2, 0.25) is 0 Å². The molecule has 0 radical (unpaired) electrons. The van der Waals surface area contributed by atoms with Crippen molar-refractivity contribution >= 4 is 17.2 Å². The van der Waals surface area contributed by atoms with Crippen LogP contribution >= 0.6 is 0 Å². The molecule has 0 heteroatoms. The molecule has 0 spiro atoms. The maximum Gasteiger partial charge on any atom is -0.000912 e. The first-order valence-corrected chi connectivity index (χ1v) is 28.9. The quantitative estimate of drug-likeness (QED) is 0.197. The monoisotopic (exact) mass is 985 g/mol. The summed E-state index contributed by atoms with van der Waals surface area (Å²) in [5, 5.41) is 0. The molecule has 2 unspecified atom stereocenters. The van der Waals surface area contributed by atoms with Crippen molar-refractivity contribution in [3.05, 3.63) is 291 Å². The molecule has 0 N–H and O–H groups in total. The van der Waals surface area contributed by atoms with Gasteiger partial charge in [-0.25, -0.2) is 0 Å². The molecular formula is C75H84. The van der Waals surface area contributed by atoms with Crippen LogP contribution in [-0.4, -0.2) is 0 Å². The number of fused-ring (bicyclic) bond motifs is 11. The maximum atomic E-state index is 2.55. The molecule has 2 atom stereocenters. The molecule has 0 aliphatic heterocycles. The Morgan fingerprint density at radius 1 is 0.547 bits per heavy atom. The van der Waals surface area contributed by atoms with Gasteiger partial charge < -0.3 is 0 Å². The van der Waals surface area contributed by atoms with E-state index in [-0.39, 0.29) is 5.41 Å². The number of rotatable bonds is 8. The molecule has 6 bridgehead atoms. The fourth-order valence-electron chi connectivity index (χ4n) is 12.0. The van der Waals surface area contributed by atoms with E-state index in [2.05, 4.69) is 252 Å². The summed E-state index contributed by atoms with van der Waals surface area (Å²) in [4.78, 5) is 0. The van der Waals surface area contributed by atoms with E-state index < -0.39 is 0 Å². The van der Waals surface area contributed by atoms with Gasteiger partial charge in [0.2, 0.25) is 0 Å². The minimum atomic E-state index is 0.162. The number of allylic oxidation sites excluding steroid dienone is 31. The van der Waals surface area contributed by atoms with E-state index in [0.717, 1.165) is 44.9 Å². The first-order chi connectivity index (χ1) is 37.0. The van der Waals surface area contributed by atoms with Crippen LogP contribution in [0, 0.1) is 11.3 Å². The summed E-state index contributed by atoms with van der Waals surface area (Å²) in [6.07, 6.45) is 71.3. The fraction of sp³-hybridized carbons (Fsp3) is 0.307. The predicted octanol–water partition coefficient (Wildman–Crippen LogP) is 21.3. The minimum Gasteiger partial charge on any atom is -0.0805 e. The molecule has 8 aliphatic rings. The van der Waals surface area contributed by atoms with Crippen LogP contribution in [0.4, 0.5) is 0 Å². The maximum absolute atomic E-state index is 2.55. The lowest BCUT2D eigenvalue weighted by atomic mass is 9.75. The second kappa shape index (κ2) is 28.8. The third-order valence-corrected chi connectivity index (χ3v) is 16.2. The number of unbranched alkanes of at least 4 members (excludes halogenated alkanes) is 4. The molecule has 0 saturated heterocycles. The Morgan fingerprint density at radius 2 is 1.19 bits per heavy atom. The number of hydrogen-bond donors (Lipinski definition) is 0. The summed E-state index contributed by atoms with van der Waals surface area (Å²) in [7, 11) is 0. The van der Waals surface area contributed by atoms with Gasteiger partial charge in [-0.15, -0.1) is 0 Å². The summed E-state index contributed by atoms with van der Waals surface area (Å²) in [6, 6.07) is 32.3. The van der Waals surface area contributed by atoms with Crippen molar-refractivity contribution in [1.82, 2.24) is 0 Å². The molecule has 0 amide bonds. The summed E-state index contributed by atoms with van der Waals surface area (Å²) in [5.74, 6) is 0.713. The standard InChI is InChI=1S/C75H84/c1-5-8-9-18-34-47-67-59(4)41-28-19-13-11-10-12-14-20-30-43-62-44-32-26-39-50-70(65-56-64(62)57-65)74-73(53-40-27-33-46-66-58-75(66,74)7-3)69-49-35-22-16-15-21-31-45-63(69)55-60-42-29-25-38-48-68(61(6-2)54-60)72-52-37-24-17-23-36-51-71(67)72/h10-17,19-26,28-32,35-39,42-45,48-52,54,56,66H,5-9,18,27,33-34,40-41,46-47,53,55,57-58H2,1-4H3. The molecule has 1 fully saturated rings. The normalized spacial score (nSPS) is 20.5. The van der Waals surface area contributed by atoms with Gasteiger partial charge >= 0.3 is 0 Å². The lowest BCUT2D eigenvalue weighted by Gasteiger charge is -2.29. The molecule has 2 aromatic carbocycles. The summed E-state index contributed by atoms with van der Waals surface area (Å²) >= 11 is 0. The highest BCUT2D eigenvalue weighted by Gasteiger charge is 2.56. The van der Waals surface area contributed by atoms with Crippen molar-refractivity contribution < 1.29 is 0 Å². The Kier molecular flexibility index (Phi) is 20.9. The molecule has 10 rings (SSSR count). The Morgan fingerprint density at radius 3 is 1.96 bits per heavy atom. The fourth-order valence-corrected chi connectivity index (χ4v) is 12.0. The highest BCUT2D eigenvalue weighted by Crippen LogP contribution is 2.67. The van der Waals surface area contributed by atoms with Gasteiger partial charge in [0, 0.05) is 0 Å². The van der Waals surface area contributed by atoms with Crippen LogP contribution in [0.1, 0.15) is 157 Å². The largest absolute Gasteiger partial charge is 0.0805 e. The second-order valence-corrected chi connectivity index (χ2v) is 21.2. The minimum absolute atomic E-state index is 0.162. The molecule has 2 aromatic rings. The van der Waals surface area contributed by atoms with E-state index in [1.54, 1.807) is 11.1 Å². The Bertz CT molecular complexity index is 2990. The average Bonchev–Trinajstić information content (AvgIpc) is 4.07. The lowest BCUT2D eigenvalue weighted by molar-refractivity contribution is 0.517. The van der Waals surface area contributed by atoms with Crippen molar-refractivity contribution in [3.63, 3.8) is 0 Å². The molecule has 0 aromatic heterocycles. The van der Waals surface area contributed by atoms with Gasteiger partial charge in [-0.1, -0.05) is 290 Å². The van der Waals surface area contributed by atoms with Gasteiger partial charge in [-0.2, -0.15) is 0 Å². The molecule has 75 heavy (non-hydrogen) atoms. The highest BCUT2D eigenvalue weighted by molar-refractivity contribution is 5.96. The van der Waals surface area contributed by atoms with E-state index in [1.165, 1.54) is 137 Å². The van der Waals surface area contributed by atoms with Gasteiger partial charge in [-0.3, -0.25) is 0 Å². The number of hydrogen-bond acceptors (Lipinski definition) is 0. The highest BCUT2D eigenvalue weighted by atomic mass is 14.6. The van der Waals surface area contributed by atoms with Crippen molar-refractivity contribution in [2.75, 3.05) is 0 Å². The van der Waals surface area contributed by atoms with Crippen LogP contribution in [0.3, 0.4) is 0 Å². The smallest absolute Gasteiger partial charge is 0.000912 e. The molecular weight excluding hydrogens is 901 g/mol. The average molecular weight is 985 g/mol. The van der Waals surface area contributed by atoms with E-state index >= 15 is 0 Å². The Hall–Kier alpha value is -6.76. The predicted molar refractivity (Wildman–Crippen MR) is 329 cm³/mol. The van der Waals surface area contributed by atoms with E-state index in [9.17, 15) is 0 Å². The summed E-state index contributed by atoms with van der Waals surface area (Å²) in [6.45, 7) is 9.51. The van der Waals surface area contributed by atoms with Gasteiger partial charge in [0.1, 0.15) is 0 Å². The Labute approximate surface area is 454 Å². The van der Waals surface area contributed by atoms with Crippen LogP contribution in [0.5, 0.6) is 0 Å². The van der Waals surface area contributed by atoms with Crippen LogP contribution in [-0.2, 0) is 12.8 Å². The van der Waals surface area contributed by atoms with Gasteiger partial charge in [0.05, 0.1) is 0 Å². The zero-order chi connectivity index (χ0) is 51.9. The van der Waals surface area contributed by atoms with Crippen molar-refractivity contribution in [2.45, 2.75) is 137 Å². The van der Waals surface area contributed by atoms with E-state index in [4.69, 9.17) is 0 Å². The Balaban J connectivity index is 1.39. The lowest BCUT2D eigenvalue weighted by Crippen LogP contribution is -2.13. The topological polar surface area (TPSA) is 0 Å². The van der Waals surface area contributed by atoms with Crippen molar-refractivity contribution in [3.8, 4) is 0 Å². The second-order valence-electron chi connectivity index (χ2n) is 21.2. The first-order valence-electron chi connectivity index (χ1n) is 28.9. The van der Waals surface area contributed by atoms with Crippen LogP contribution in [0.25, 0.3) is 17.2 Å². The van der Waals surface area contributed by atoms with Gasteiger partial charge in [0.25, 0.3) is 0 Å². The molecule has 0 nitrogen and oxygen atoms in total. The molecule has 1 saturated carbocycles. The summed E-state index contributed by atoms with van der Waals surface area (Å²) in [5.41, 5.74) is 21.3. The third-order valence-electron chi connectivity index (χ3n) is 16.2. The van der Waals surface area contributed by atoms with E-state index in [0.29, 0.717) is 5.92 Å². The van der Waals surface area contributed by atoms with Crippen molar-refractivity contribution in [2.24, 2.45) is 11.3 Å². The van der Waals surface area contributed by atoms with Crippen LogP contribution in [0.15, 0.2) is 258 Å². The molecule has 8 aliphatic carbocycles. The summed E-state index contributed by atoms with van der Waals surface area (Å²) < 4.78 is 0. The van der Waals surface area contributed by atoms with Crippen LogP contribution < -0.4 is 0 Å². The molecule has 384 valence electrons.